The van der Waals surface area contributed by atoms with Crippen LogP contribution in [0.1, 0.15) is 46.8 Å². The predicted octanol–water partition coefficient (Wildman–Crippen LogP) is 8.42. The van der Waals surface area contributed by atoms with Gasteiger partial charge in [0.25, 0.3) is 5.91 Å². The van der Waals surface area contributed by atoms with Crippen molar-refractivity contribution >= 4 is 52.7 Å². The summed E-state index contributed by atoms with van der Waals surface area (Å²) in [5, 5.41) is 3.00. The first-order chi connectivity index (χ1) is 18.1. The second-order valence-electron chi connectivity index (χ2n) is 8.45. The van der Waals surface area contributed by atoms with Gasteiger partial charge in [0.15, 0.2) is 0 Å². The summed E-state index contributed by atoms with van der Waals surface area (Å²) in [6, 6.07) is 3.81. The molecule has 0 bridgehead atoms. The Morgan fingerprint density at radius 3 is 1.85 bits per heavy atom. The summed E-state index contributed by atoms with van der Waals surface area (Å²) >= 11 is 17.4. The van der Waals surface area contributed by atoms with Gasteiger partial charge in [0.2, 0.25) is 5.91 Å². The van der Waals surface area contributed by atoms with Crippen LogP contribution in [0.3, 0.4) is 0 Å². The van der Waals surface area contributed by atoms with Gasteiger partial charge in [0.1, 0.15) is 5.92 Å². The molecule has 2 N–H and O–H groups in total. The Labute approximate surface area is 236 Å². The van der Waals surface area contributed by atoms with Gasteiger partial charge in [-0.15, -0.1) is 0 Å². The molecule has 4 nitrogen and oxygen atoms in total. The molecule has 0 aromatic heterocycles. The number of allylic oxidation sites excluding steroid dienone is 1. The standard InChI is InChI=1S/C24H18Cl3F9N2O2/c1-10(22(28,29)30)20(39)37-11(2)38-21(40)14-5-3-12(7-16(14)24(34,35)36)4-6-15(23(31,32)33)13-8-17(25)19(27)18(26)9-13/h3-11,15H,1-2H3,(H,37,39)(H,38,40)/b6-4+/t10?,11-,15?/m1/s1. The Balaban J connectivity index is 2.37. The van der Waals surface area contributed by atoms with E-state index in [-0.39, 0.29) is 20.6 Å². The van der Waals surface area contributed by atoms with Crippen molar-refractivity contribution in [1.82, 2.24) is 10.6 Å². The molecule has 0 saturated carbocycles. The normalized spacial score (nSPS) is 15.1. The summed E-state index contributed by atoms with van der Waals surface area (Å²) in [5.74, 6) is -7.74. The molecule has 2 aromatic rings. The van der Waals surface area contributed by atoms with Crippen molar-refractivity contribution in [2.75, 3.05) is 0 Å². The zero-order valence-corrected chi connectivity index (χ0v) is 22.4. The molecule has 0 spiro atoms. The topological polar surface area (TPSA) is 58.2 Å². The highest BCUT2D eigenvalue weighted by molar-refractivity contribution is 6.48. The van der Waals surface area contributed by atoms with E-state index >= 15 is 0 Å². The maximum atomic E-state index is 13.7. The van der Waals surface area contributed by atoms with Crippen LogP contribution in [-0.4, -0.2) is 30.3 Å². The van der Waals surface area contributed by atoms with Crippen LogP contribution >= 0.6 is 34.8 Å². The fourth-order valence-electron chi connectivity index (χ4n) is 3.27. The van der Waals surface area contributed by atoms with Crippen LogP contribution in [0.25, 0.3) is 6.08 Å². The maximum absolute atomic E-state index is 13.7. The number of nitrogens with one attached hydrogen (secondary N) is 2. The molecular weight excluding hydrogens is 626 g/mol. The van der Waals surface area contributed by atoms with Crippen LogP contribution in [0.5, 0.6) is 0 Å². The molecule has 2 unspecified atom stereocenters. The lowest BCUT2D eigenvalue weighted by molar-refractivity contribution is -0.179. The first-order valence-electron chi connectivity index (χ1n) is 10.9. The Kier molecular flexibility index (Phi) is 10.5. The lowest BCUT2D eigenvalue weighted by atomic mass is 9.96. The van der Waals surface area contributed by atoms with Gasteiger partial charge >= 0.3 is 18.5 Å². The van der Waals surface area contributed by atoms with Gasteiger partial charge in [-0.25, -0.2) is 0 Å². The molecule has 0 aliphatic heterocycles. The highest BCUT2D eigenvalue weighted by Gasteiger charge is 2.42. The molecular formula is C24H18Cl3F9N2O2. The van der Waals surface area contributed by atoms with E-state index in [9.17, 15) is 49.1 Å². The smallest absolute Gasteiger partial charge is 0.336 e. The summed E-state index contributed by atoms with van der Waals surface area (Å²) in [6.45, 7) is 1.58. The molecule has 0 aliphatic carbocycles. The second-order valence-corrected chi connectivity index (χ2v) is 9.64. The van der Waals surface area contributed by atoms with Crippen molar-refractivity contribution in [3.63, 3.8) is 0 Å². The van der Waals surface area contributed by atoms with Crippen LogP contribution in [0.4, 0.5) is 39.5 Å². The van der Waals surface area contributed by atoms with Gasteiger partial charge in [-0.2, -0.15) is 39.5 Å². The van der Waals surface area contributed by atoms with Crippen LogP contribution in [-0.2, 0) is 11.0 Å². The summed E-state index contributed by atoms with van der Waals surface area (Å²) in [5.41, 5.74) is -3.34. The first-order valence-corrected chi connectivity index (χ1v) is 12.0. The van der Waals surface area contributed by atoms with E-state index in [0.717, 1.165) is 31.2 Å². The molecule has 0 fully saturated rings. The molecule has 2 amide bonds. The van der Waals surface area contributed by atoms with Gasteiger partial charge in [-0.05, 0) is 49.2 Å². The summed E-state index contributed by atoms with van der Waals surface area (Å²) < 4.78 is 120. The molecule has 0 heterocycles. The number of hydrogen-bond donors (Lipinski definition) is 2. The van der Waals surface area contributed by atoms with Crippen molar-refractivity contribution < 1.29 is 49.1 Å². The number of carbonyl (C=O) groups excluding carboxylic acids is 2. The fourth-order valence-corrected chi connectivity index (χ4v) is 3.88. The lowest BCUT2D eigenvalue weighted by Crippen LogP contribution is -2.49. The molecule has 2 rings (SSSR count). The Morgan fingerprint density at radius 1 is 0.825 bits per heavy atom. The van der Waals surface area contributed by atoms with E-state index in [1.807, 2.05) is 10.6 Å². The van der Waals surface area contributed by atoms with Gasteiger partial charge < -0.3 is 10.6 Å². The highest BCUT2D eigenvalue weighted by Crippen LogP contribution is 2.41. The third-order valence-electron chi connectivity index (χ3n) is 5.38. The Hall–Kier alpha value is -2.64. The molecule has 3 atom stereocenters. The third-order valence-corrected chi connectivity index (χ3v) is 6.58. The van der Waals surface area contributed by atoms with Crippen LogP contribution in [0.2, 0.25) is 15.1 Å². The molecule has 2 aromatic carbocycles. The number of carbonyl (C=O) groups is 2. The largest absolute Gasteiger partial charge is 0.417 e. The molecule has 16 heteroatoms. The zero-order chi connectivity index (χ0) is 30.8. The number of hydrogen-bond acceptors (Lipinski definition) is 2. The van der Waals surface area contributed by atoms with Crippen LogP contribution < -0.4 is 10.6 Å². The number of benzene rings is 2. The minimum absolute atomic E-state index is 0.190. The minimum atomic E-state index is -5.16. The Bertz CT molecular complexity index is 1270. The minimum Gasteiger partial charge on any atom is -0.336 e. The number of alkyl halides is 9. The molecule has 0 saturated heterocycles. The predicted molar refractivity (Wildman–Crippen MR) is 131 cm³/mol. The molecule has 0 aliphatic rings. The van der Waals surface area contributed by atoms with Crippen molar-refractivity contribution in [3.05, 3.63) is 73.7 Å². The molecule has 40 heavy (non-hydrogen) atoms. The van der Waals surface area contributed by atoms with Crippen LogP contribution in [0.15, 0.2) is 36.4 Å². The maximum Gasteiger partial charge on any atom is 0.417 e. The van der Waals surface area contributed by atoms with E-state index < -0.39 is 65.0 Å². The first kappa shape index (κ1) is 33.6. The van der Waals surface area contributed by atoms with Gasteiger partial charge in [-0.3, -0.25) is 9.59 Å². The van der Waals surface area contributed by atoms with E-state index in [2.05, 4.69) is 0 Å². The van der Waals surface area contributed by atoms with Gasteiger partial charge in [0, 0.05) is 0 Å². The van der Waals surface area contributed by atoms with Crippen molar-refractivity contribution in [2.45, 2.75) is 44.5 Å². The zero-order valence-electron chi connectivity index (χ0n) is 20.1. The summed E-state index contributed by atoms with van der Waals surface area (Å²) in [7, 11) is 0. The lowest BCUT2D eigenvalue weighted by Gasteiger charge is -2.21. The van der Waals surface area contributed by atoms with E-state index in [4.69, 9.17) is 34.8 Å². The van der Waals surface area contributed by atoms with Crippen molar-refractivity contribution in [3.8, 4) is 0 Å². The number of halogens is 12. The fraction of sp³-hybridized carbons (Fsp3) is 0.333. The third kappa shape index (κ3) is 8.68. The SMILES string of the molecule is CC(C(=O)N[C@@H](C)NC(=O)c1ccc(/C=C/C(c2cc(Cl)c(Cl)c(Cl)c2)C(F)(F)F)cc1C(F)(F)F)C(F)(F)F. The second kappa shape index (κ2) is 12.5. The van der Waals surface area contributed by atoms with E-state index in [1.165, 1.54) is 0 Å². The van der Waals surface area contributed by atoms with Crippen molar-refractivity contribution in [1.29, 1.82) is 0 Å². The average molecular weight is 644 g/mol. The highest BCUT2D eigenvalue weighted by atomic mass is 35.5. The van der Waals surface area contributed by atoms with Gasteiger partial charge in [-0.1, -0.05) is 53.0 Å². The average Bonchev–Trinajstić information content (AvgIpc) is 2.79. The van der Waals surface area contributed by atoms with E-state index in [0.29, 0.717) is 25.1 Å². The molecule has 0 radical (unpaired) electrons. The summed E-state index contributed by atoms with van der Waals surface area (Å²) in [6.07, 6.45) is -15.2. The van der Waals surface area contributed by atoms with Gasteiger partial charge in [0.05, 0.1) is 38.3 Å². The quantitative estimate of drug-likeness (QED) is 0.181. The molecule has 220 valence electrons. The van der Waals surface area contributed by atoms with Crippen LogP contribution in [0, 0.1) is 5.92 Å². The summed E-state index contributed by atoms with van der Waals surface area (Å²) in [4.78, 5) is 24.1. The Morgan fingerprint density at radius 2 is 1.38 bits per heavy atom. The van der Waals surface area contributed by atoms with E-state index in [1.54, 1.807) is 0 Å². The number of amides is 2. The van der Waals surface area contributed by atoms with Crippen molar-refractivity contribution in [2.24, 2.45) is 5.92 Å². The monoisotopic (exact) mass is 642 g/mol. The number of rotatable bonds is 7.